The quantitative estimate of drug-likeness (QED) is 0.872. The second kappa shape index (κ2) is 7.97. The molecule has 21 heavy (non-hydrogen) atoms. The van der Waals surface area contributed by atoms with Gasteiger partial charge >= 0.3 is 0 Å². The molecule has 1 aromatic heterocycles. The van der Waals surface area contributed by atoms with Crippen LogP contribution in [0.2, 0.25) is 5.02 Å². The lowest BCUT2D eigenvalue weighted by Crippen LogP contribution is -2.30. The van der Waals surface area contributed by atoms with Crippen LogP contribution in [0.5, 0.6) is 5.88 Å². The van der Waals surface area contributed by atoms with Crippen molar-refractivity contribution in [2.45, 2.75) is 64.3 Å². The zero-order chi connectivity index (χ0) is 15.2. The summed E-state index contributed by atoms with van der Waals surface area (Å²) in [6, 6.07) is 4.10. The van der Waals surface area contributed by atoms with Gasteiger partial charge in [-0.2, -0.15) is 0 Å². The molecule has 0 amide bonds. The molecule has 0 radical (unpaired) electrons. The topological polar surface area (TPSA) is 43.4 Å². The van der Waals surface area contributed by atoms with Gasteiger partial charge in [0.1, 0.15) is 6.10 Å². The number of rotatable bonds is 6. The van der Waals surface area contributed by atoms with E-state index < -0.39 is 0 Å². The first-order valence-corrected chi connectivity index (χ1v) is 8.04. The highest BCUT2D eigenvalue weighted by atomic mass is 35.5. The van der Waals surface area contributed by atoms with Crippen molar-refractivity contribution in [3.8, 4) is 5.88 Å². The van der Waals surface area contributed by atoms with Crippen molar-refractivity contribution in [3.05, 3.63) is 22.8 Å². The van der Waals surface area contributed by atoms with Crippen LogP contribution in [0.4, 0.5) is 0 Å². The Hall–Kier alpha value is -0.840. The minimum Gasteiger partial charge on any atom is -0.474 e. The first-order valence-electron chi connectivity index (χ1n) is 7.66. The third-order valence-electron chi connectivity index (χ3n) is 3.77. The van der Waals surface area contributed by atoms with Crippen LogP contribution in [0.1, 0.15) is 45.2 Å². The molecule has 1 heterocycles. The van der Waals surface area contributed by atoms with Crippen LogP contribution in [0.3, 0.4) is 0 Å². The summed E-state index contributed by atoms with van der Waals surface area (Å²) < 4.78 is 11.4. The number of nitrogens with one attached hydrogen (secondary N) is 1. The maximum absolute atomic E-state index is 6.19. The highest BCUT2D eigenvalue weighted by molar-refractivity contribution is 6.31. The van der Waals surface area contributed by atoms with Crippen molar-refractivity contribution in [2.24, 2.45) is 0 Å². The number of hydrogen-bond donors (Lipinski definition) is 1. The van der Waals surface area contributed by atoms with Crippen molar-refractivity contribution >= 4 is 11.6 Å². The largest absolute Gasteiger partial charge is 0.474 e. The van der Waals surface area contributed by atoms with Gasteiger partial charge in [0.2, 0.25) is 5.88 Å². The van der Waals surface area contributed by atoms with E-state index in [-0.39, 0.29) is 6.10 Å². The normalized spacial score (nSPS) is 22.5. The van der Waals surface area contributed by atoms with Crippen LogP contribution in [0.15, 0.2) is 12.1 Å². The predicted molar refractivity (Wildman–Crippen MR) is 84.9 cm³/mol. The lowest BCUT2D eigenvalue weighted by Gasteiger charge is -2.28. The highest BCUT2D eigenvalue weighted by Gasteiger charge is 2.23. The Morgan fingerprint density at radius 3 is 2.81 bits per heavy atom. The summed E-state index contributed by atoms with van der Waals surface area (Å²) in [5, 5.41) is 4.00. The van der Waals surface area contributed by atoms with E-state index in [0.717, 1.165) is 31.4 Å². The van der Waals surface area contributed by atoms with Gasteiger partial charge in [-0.3, -0.25) is 0 Å². The lowest BCUT2D eigenvalue weighted by molar-refractivity contribution is 0.0194. The molecule has 1 aromatic rings. The number of aromatic nitrogens is 1. The van der Waals surface area contributed by atoms with Crippen LogP contribution < -0.4 is 10.1 Å². The summed E-state index contributed by atoms with van der Waals surface area (Å²) in [6.45, 7) is 4.85. The minimum atomic E-state index is 0.184. The van der Waals surface area contributed by atoms with Crippen LogP contribution in [0, 0.1) is 0 Å². The van der Waals surface area contributed by atoms with Crippen LogP contribution in [-0.2, 0) is 11.3 Å². The van der Waals surface area contributed by atoms with Crippen molar-refractivity contribution < 1.29 is 9.47 Å². The van der Waals surface area contributed by atoms with E-state index in [9.17, 15) is 0 Å². The van der Waals surface area contributed by atoms with E-state index in [0.29, 0.717) is 29.6 Å². The third kappa shape index (κ3) is 5.13. The molecule has 118 valence electrons. The summed E-state index contributed by atoms with van der Waals surface area (Å²) in [6.07, 6.45) is 4.73. The summed E-state index contributed by atoms with van der Waals surface area (Å²) in [5.41, 5.74) is 0.835. The first-order chi connectivity index (χ1) is 10.1. The van der Waals surface area contributed by atoms with Crippen molar-refractivity contribution in [1.82, 2.24) is 10.3 Å². The SMILES string of the molecule is COC1CCCC(Oc2ccc(Cl)c(CNC(C)C)n2)C1. The fourth-order valence-electron chi connectivity index (χ4n) is 2.55. The number of halogens is 1. The maximum Gasteiger partial charge on any atom is 0.213 e. The average Bonchev–Trinajstić information content (AvgIpc) is 2.48. The van der Waals surface area contributed by atoms with Gasteiger partial charge in [0.25, 0.3) is 0 Å². The maximum atomic E-state index is 6.19. The number of nitrogens with zero attached hydrogens (tertiary/aromatic N) is 1. The molecule has 2 unspecified atom stereocenters. The predicted octanol–water partition coefficient (Wildman–Crippen LogP) is 3.57. The molecule has 0 aromatic carbocycles. The lowest BCUT2D eigenvalue weighted by atomic mass is 9.95. The summed E-state index contributed by atoms with van der Waals surface area (Å²) in [5.74, 6) is 0.654. The van der Waals surface area contributed by atoms with Gasteiger partial charge in [0.15, 0.2) is 0 Å². The molecule has 1 aliphatic rings. The van der Waals surface area contributed by atoms with Crippen LogP contribution in [0.25, 0.3) is 0 Å². The van der Waals surface area contributed by atoms with Crippen LogP contribution in [-0.4, -0.2) is 30.3 Å². The zero-order valence-corrected chi connectivity index (χ0v) is 13.8. The molecule has 2 rings (SSSR count). The van der Waals surface area contributed by atoms with E-state index in [1.54, 1.807) is 7.11 Å². The number of hydrogen-bond acceptors (Lipinski definition) is 4. The second-order valence-corrected chi connectivity index (χ2v) is 6.28. The fraction of sp³-hybridized carbons (Fsp3) is 0.688. The van der Waals surface area contributed by atoms with E-state index in [1.165, 1.54) is 0 Å². The molecule has 1 saturated carbocycles. The van der Waals surface area contributed by atoms with Crippen LogP contribution >= 0.6 is 11.6 Å². The number of methoxy groups -OCH3 is 1. The van der Waals surface area contributed by atoms with Gasteiger partial charge in [-0.1, -0.05) is 25.4 Å². The van der Waals surface area contributed by atoms with E-state index in [2.05, 4.69) is 24.1 Å². The van der Waals surface area contributed by atoms with Gasteiger partial charge in [-0.15, -0.1) is 0 Å². The molecule has 2 atom stereocenters. The summed E-state index contributed by atoms with van der Waals surface area (Å²) >= 11 is 6.19. The smallest absolute Gasteiger partial charge is 0.213 e. The first kappa shape index (κ1) is 16.5. The Bertz CT molecular complexity index is 454. The van der Waals surface area contributed by atoms with Gasteiger partial charge in [0, 0.05) is 32.2 Å². The molecule has 1 N–H and O–H groups in total. The minimum absolute atomic E-state index is 0.184. The second-order valence-electron chi connectivity index (χ2n) is 5.88. The monoisotopic (exact) mass is 312 g/mol. The molecular formula is C16H25ClN2O2. The Balaban J connectivity index is 1.98. The molecule has 4 nitrogen and oxygen atoms in total. The third-order valence-corrected chi connectivity index (χ3v) is 4.11. The average molecular weight is 313 g/mol. The highest BCUT2D eigenvalue weighted by Crippen LogP contribution is 2.26. The zero-order valence-electron chi connectivity index (χ0n) is 13.1. The summed E-state index contributed by atoms with van der Waals surface area (Å²) in [7, 11) is 1.77. The van der Waals surface area contributed by atoms with Crippen molar-refractivity contribution in [3.63, 3.8) is 0 Å². The summed E-state index contributed by atoms with van der Waals surface area (Å²) in [4.78, 5) is 4.53. The Morgan fingerprint density at radius 1 is 1.33 bits per heavy atom. The number of pyridine rings is 1. The number of ether oxygens (including phenoxy) is 2. The molecule has 1 aliphatic carbocycles. The molecule has 5 heteroatoms. The van der Waals surface area contributed by atoms with Gasteiger partial charge in [-0.05, 0) is 25.3 Å². The Labute approximate surface area is 132 Å². The molecule has 0 saturated heterocycles. The van der Waals surface area contributed by atoms with Gasteiger partial charge in [-0.25, -0.2) is 4.98 Å². The standard InChI is InChI=1S/C16H25ClN2O2/c1-11(2)18-10-15-14(17)7-8-16(19-15)21-13-6-4-5-12(9-13)20-3/h7-8,11-13,18H,4-6,9-10H2,1-3H3. The Morgan fingerprint density at radius 2 is 2.10 bits per heavy atom. The van der Waals surface area contributed by atoms with Crippen molar-refractivity contribution in [2.75, 3.05) is 7.11 Å². The fourth-order valence-corrected chi connectivity index (χ4v) is 2.72. The molecule has 0 aliphatic heterocycles. The van der Waals surface area contributed by atoms with Crippen molar-refractivity contribution in [1.29, 1.82) is 0 Å². The molecule has 0 spiro atoms. The van der Waals surface area contributed by atoms with E-state index in [1.807, 2.05) is 12.1 Å². The van der Waals surface area contributed by atoms with E-state index in [4.69, 9.17) is 21.1 Å². The molecular weight excluding hydrogens is 288 g/mol. The molecule has 1 fully saturated rings. The van der Waals surface area contributed by atoms with E-state index >= 15 is 0 Å². The van der Waals surface area contributed by atoms with Gasteiger partial charge < -0.3 is 14.8 Å². The Kier molecular flexibility index (Phi) is 6.27. The van der Waals surface area contributed by atoms with Gasteiger partial charge in [0.05, 0.1) is 16.8 Å². The molecule has 0 bridgehead atoms.